The molecule has 0 fully saturated rings. The van der Waals surface area contributed by atoms with Gasteiger partial charge in [-0.1, -0.05) is 29.3 Å². The van der Waals surface area contributed by atoms with Crippen LogP contribution in [0.2, 0.25) is 10.3 Å². The minimum Gasteiger partial charge on any atom is -0.336 e. The summed E-state index contributed by atoms with van der Waals surface area (Å²) in [6, 6.07) is 7.05. The first-order valence-corrected chi connectivity index (χ1v) is 6.59. The highest BCUT2D eigenvalue weighted by Crippen LogP contribution is 2.17. The molecule has 0 aliphatic heterocycles. The SMILES string of the molecule is Cc1cccc(CN(C)C(=O)c2cc(Cl)nnc2Cl)n1. The van der Waals surface area contributed by atoms with Crippen molar-refractivity contribution in [1.29, 1.82) is 0 Å². The van der Waals surface area contributed by atoms with E-state index in [2.05, 4.69) is 15.2 Å². The number of carbonyl (C=O) groups is 1. The first-order chi connectivity index (χ1) is 9.47. The summed E-state index contributed by atoms with van der Waals surface area (Å²) in [5, 5.41) is 7.36. The Morgan fingerprint density at radius 2 is 2.05 bits per heavy atom. The van der Waals surface area contributed by atoms with Crippen molar-refractivity contribution in [3.63, 3.8) is 0 Å². The van der Waals surface area contributed by atoms with Gasteiger partial charge < -0.3 is 4.90 Å². The Kier molecular flexibility index (Phi) is 4.52. The molecular formula is C13H12Cl2N4O. The van der Waals surface area contributed by atoms with Gasteiger partial charge in [-0.2, -0.15) is 0 Å². The highest BCUT2D eigenvalue weighted by molar-refractivity contribution is 6.34. The van der Waals surface area contributed by atoms with Crippen molar-refractivity contribution in [3.05, 3.63) is 51.5 Å². The third kappa shape index (κ3) is 3.43. The molecule has 0 N–H and O–H groups in total. The number of hydrogen-bond donors (Lipinski definition) is 0. The molecule has 1 amide bonds. The zero-order valence-corrected chi connectivity index (χ0v) is 12.5. The molecule has 2 heterocycles. The number of rotatable bonds is 3. The van der Waals surface area contributed by atoms with Crippen LogP contribution in [0.1, 0.15) is 21.7 Å². The fourth-order valence-corrected chi connectivity index (χ4v) is 2.03. The Bertz CT molecular complexity index is 648. The second-order valence-corrected chi connectivity index (χ2v) is 5.05. The number of amides is 1. The van der Waals surface area contributed by atoms with E-state index in [9.17, 15) is 4.79 Å². The molecule has 20 heavy (non-hydrogen) atoms. The lowest BCUT2D eigenvalue weighted by molar-refractivity contribution is 0.0783. The van der Waals surface area contributed by atoms with Crippen LogP contribution in [0.15, 0.2) is 24.3 Å². The van der Waals surface area contributed by atoms with Crippen LogP contribution in [0.25, 0.3) is 0 Å². The molecule has 0 saturated carbocycles. The van der Waals surface area contributed by atoms with E-state index in [4.69, 9.17) is 23.2 Å². The largest absolute Gasteiger partial charge is 0.336 e. The van der Waals surface area contributed by atoms with Gasteiger partial charge in [0.2, 0.25) is 0 Å². The van der Waals surface area contributed by atoms with Gasteiger partial charge in [-0.15, -0.1) is 10.2 Å². The lowest BCUT2D eigenvalue weighted by atomic mass is 10.2. The number of halogens is 2. The maximum atomic E-state index is 12.3. The van der Waals surface area contributed by atoms with Gasteiger partial charge in [0.1, 0.15) is 0 Å². The van der Waals surface area contributed by atoms with Gasteiger partial charge in [0.15, 0.2) is 10.3 Å². The smallest absolute Gasteiger partial charge is 0.257 e. The average molecular weight is 311 g/mol. The molecule has 104 valence electrons. The van der Waals surface area contributed by atoms with E-state index in [-0.39, 0.29) is 21.8 Å². The van der Waals surface area contributed by atoms with Gasteiger partial charge in [0.05, 0.1) is 17.8 Å². The molecule has 0 aliphatic carbocycles. The number of aryl methyl sites for hydroxylation is 1. The number of hydrogen-bond acceptors (Lipinski definition) is 4. The van der Waals surface area contributed by atoms with E-state index in [1.165, 1.54) is 11.0 Å². The summed E-state index contributed by atoms with van der Waals surface area (Å²) in [5.41, 5.74) is 1.92. The van der Waals surface area contributed by atoms with Crippen LogP contribution in [0.5, 0.6) is 0 Å². The topological polar surface area (TPSA) is 59.0 Å². The maximum absolute atomic E-state index is 12.3. The predicted molar refractivity (Wildman–Crippen MR) is 76.8 cm³/mol. The van der Waals surface area contributed by atoms with Gasteiger partial charge in [0.25, 0.3) is 5.91 Å². The van der Waals surface area contributed by atoms with Crippen LogP contribution in [-0.2, 0) is 6.54 Å². The molecule has 0 saturated heterocycles. The van der Waals surface area contributed by atoms with E-state index in [1.54, 1.807) is 7.05 Å². The molecule has 7 heteroatoms. The molecule has 0 bridgehead atoms. The minimum atomic E-state index is -0.282. The lowest BCUT2D eigenvalue weighted by Crippen LogP contribution is -2.27. The maximum Gasteiger partial charge on any atom is 0.257 e. The molecule has 0 unspecified atom stereocenters. The van der Waals surface area contributed by atoms with Crippen molar-refractivity contribution >= 4 is 29.1 Å². The van der Waals surface area contributed by atoms with Crippen molar-refractivity contribution in [1.82, 2.24) is 20.1 Å². The summed E-state index contributed by atoms with van der Waals surface area (Å²) in [4.78, 5) is 18.1. The second kappa shape index (κ2) is 6.15. The molecule has 0 radical (unpaired) electrons. The summed E-state index contributed by atoms with van der Waals surface area (Å²) >= 11 is 11.6. The van der Waals surface area contributed by atoms with Gasteiger partial charge in [0, 0.05) is 12.7 Å². The van der Waals surface area contributed by atoms with Crippen LogP contribution >= 0.6 is 23.2 Å². The van der Waals surface area contributed by atoms with Gasteiger partial charge in [-0.3, -0.25) is 9.78 Å². The minimum absolute atomic E-state index is 0.0310. The molecule has 0 aromatic carbocycles. The molecule has 0 atom stereocenters. The highest BCUT2D eigenvalue weighted by Gasteiger charge is 2.18. The predicted octanol–water partition coefficient (Wildman–Crippen LogP) is 2.76. The van der Waals surface area contributed by atoms with Gasteiger partial charge in [-0.05, 0) is 25.1 Å². The number of nitrogens with zero attached hydrogens (tertiary/aromatic N) is 4. The summed E-state index contributed by atoms with van der Waals surface area (Å²) < 4.78 is 0. The number of carbonyl (C=O) groups excluding carboxylic acids is 1. The fourth-order valence-electron chi connectivity index (χ4n) is 1.71. The van der Waals surface area contributed by atoms with E-state index in [0.717, 1.165) is 11.4 Å². The Morgan fingerprint density at radius 3 is 2.75 bits per heavy atom. The first kappa shape index (κ1) is 14.7. The normalized spacial score (nSPS) is 10.4. The van der Waals surface area contributed by atoms with Crippen LogP contribution in [0, 0.1) is 6.92 Å². The quantitative estimate of drug-likeness (QED) is 0.874. The third-order valence-electron chi connectivity index (χ3n) is 2.64. The second-order valence-electron chi connectivity index (χ2n) is 4.30. The Labute approximate surface area is 126 Å². The third-order valence-corrected chi connectivity index (χ3v) is 3.11. The Morgan fingerprint density at radius 1 is 1.30 bits per heavy atom. The van der Waals surface area contributed by atoms with E-state index in [1.807, 2.05) is 25.1 Å². The van der Waals surface area contributed by atoms with Crippen LogP contribution in [0.3, 0.4) is 0 Å². The first-order valence-electron chi connectivity index (χ1n) is 5.84. The molecule has 2 aromatic heterocycles. The standard InChI is InChI=1S/C13H12Cl2N4O/c1-8-4-3-5-9(16-8)7-19(2)13(20)10-6-11(14)17-18-12(10)15/h3-6H,7H2,1-2H3. The number of aromatic nitrogens is 3. The average Bonchev–Trinajstić information content (AvgIpc) is 2.40. The molecule has 0 aliphatic rings. The van der Waals surface area contributed by atoms with E-state index in [0.29, 0.717) is 6.54 Å². The molecule has 2 rings (SSSR count). The molecule has 2 aromatic rings. The summed E-state index contributed by atoms with van der Waals surface area (Å²) in [6.45, 7) is 2.27. The highest BCUT2D eigenvalue weighted by atomic mass is 35.5. The van der Waals surface area contributed by atoms with Gasteiger partial charge >= 0.3 is 0 Å². The van der Waals surface area contributed by atoms with Crippen molar-refractivity contribution < 1.29 is 4.79 Å². The van der Waals surface area contributed by atoms with Crippen LogP contribution < -0.4 is 0 Å². The van der Waals surface area contributed by atoms with Crippen molar-refractivity contribution in [2.24, 2.45) is 0 Å². The van der Waals surface area contributed by atoms with Gasteiger partial charge in [-0.25, -0.2) is 0 Å². The Hall–Kier alpha value is -1.72. The van der Waals surface area contributed by atoms with Crippen molar-refractivity contribution in [2.75, 3.05) is 7.05 Å². The van der Waals surface area contributed by atoms with E-state index >= 15 is 0 Å². The number of pyridine rings is 1. The van der Waals surface area contributed by atoms with Crippen LogP contribution in [0.4, 0.5) is 0 Å². The zero-order chi connectivity index (χ0) is 14.7. The van der Waals surface area contributed by atoms with Crippen molar-refractivity contribution in [2.45, 2.75) is 13.5 Å². The Balaban J connectivity index is 2.18. The summed E-state index contributed by atoms with van der Waals surface area (Å²) in [5.74, 6) is -0.282. The van der Waals surface area contributed by atoms with Crippen molar-refractivity contribution in [3.8, 4) is 0 Å². The summed E-state index contributed by atoms with van der Waals surface area (Å²) in [6.07, 6.45) is 0. The zero-order valence-electron chi connectivity index (χ0n) is 11.0. The summed E-state index contributed by atoms with van der Waals surface area (Å²) in [7, 11) is 1.66. The molecule has 5 nitrogen and oxygen atoms in total. The monoisotopic (exact) mass is 310 g/mol. The van der Waals surface area contributed by atoms with Crippen LogP contribution in [-0.4, -0.2) is 33.0 Å². The fraction of sp³-hybridized carbons (Fsp3) is 0.231. The molecule has 0 spiro atoms. The molecular weight excluding hydrogens is 299 g/mol. The van der Waals surface area contributed by atoms with E-state index < -0.39 is 0 Å². The lowest BCUT2D eigenvalue weighted by Gasteiger charge is -2.17.